The summed E-state index contributed by atoms with van der Waals surface area (Å²) in [7, 11) is 0. The average Bonchev–Trinajstić information content (AvgIpc) is 2.92. The highest BCUT2D eigenvalue weighted by Crippen LogP contribution is 2.55. The van der Waals surface area contributed by atoms with Crippen LogP contribution in [0, 0.1) is 11.3 Å². The third-order valence-electron chi connectivity index (χ3n) is 3.50. The molecule has 1 aromatic carbocycles. The second-order valence-corrected chi connectivity index (χ2v) is 4.64. The minimum atomic E-state index is -0.239. The topological polar surface area (TPSA) is 26.3 Å². The molecule has 2 rings (SSSR count). The van der Waals surface area contributed by atoms with E-state index in [1.165, 1.54) is 5.56 Å². The van der Waals surface area contributed by atoms with Crippen LogP contribution in [-0.2, 0) is 16.0 Å². The van der Waals surface area contributed by atoms with Gasteiger partial charge in [0, 0.05) is 0 Å². The summed E-state index contributed by atoms with van der Waals surface area (Å²) in [6.07, 6.45) is 1.77. The summed E-state index contributed by atoms with van der Waals surface area (Å²) >= 11 is 0. The molecular formula is C14H18O2. The van der Waals surface area contributed by atoms with Crippen LogP contribution in [0.15, 0.2) is 30.3 Å². The predicted molar refractivity (Wildman–Crippen MR) is 63.0 cm³/mol. The molecule has 1 aliphatic carbocycles. The van der Waals surface area contributed by atoms with E-state index in [0.29, 0.717) is 12.5 Å². The molecule has 2 atom stereocenters. The van der Waals surface area contributed by atoms with E-state index in [0.717, 1.165) is 12.8 Å². The first-order valence-corrected chi connectivity index (χ1v) is 5.90. The van der Waals surface area contributed by atoms with Crippen LogP contribution in [0.3, 0.4) is 0 Å². The van der Waals surface area contributed by atoms with Gasteiger partial charge in [0.05, 0.1) is 12.0 Å². The van der Waals surface area contributed by atoms with Crippen LogP contribution in [0.1, 0.15) is 25.8 Å². The van der Waals surface area contributed by atoms with Crippen molar-refractivity contribution in [1.29, 1.82) is 0 Å². The Morgan fingerprint density at radius 3 is 2.56 bits per heavy atom. The number of carbonyl (C=O) groups is 1. The van der Waals surface area contributed by atoms with E-state index < -0.39 is 0 Å². The molecule has 0 bridgehead atoms. The molecule has 1 saturated carbocycles. The second kappa shape index (κ2) is 4.28. The molecule has 0 unspecified atom stereocenters. The van der Waals surface area contributed by atoms with Crippen LogP contribution in [0.4, 0.5) is 0 Å². The van der Waals surface area contributed by atoms with E-state index >= 15 is 0 Å². The van der Waals surface area contributed by atoms with Crippen LogP contribution in [0.5, 0.6) is 0 Å². The van der Waals surface area contributed by atoms with Crippen LogP contribution < -0.4 is 0 Å². The number of ether oxygens (including phenoxy) is 1. The molecule has 0 amide bonds. The molecule has 86 valence electrons. The third-order valence-corrected chi connectivity index (χ3v) is 3.50. The van der Waals surface area contributed by atoms with Crippen molar-refractivity contribution in [3.05, 3.63) is 35.9 Å². The average molecular weight is 218 g/mol. The Morgan fingerprint density at radius 2 is 2.06 bits per heavy atom. The summed E-state index contributed by atoms with van der Waals surface area (Å²) in [6.45, 7) is 4.46. The SMILES string of the molecule is CCOC(=O)[C@@]1(Cc2ccccc2)C[C@H]1C. The number of rotatable bonds is 4. The number of hydrogen-bond donors (Lipinski definition) is 0. The molecule has 0 saturated heterocycles. The first-order valence-electron chi connectivity index (χ1n) is 5.90. The lowest BCUT2D eigenvalue weighted by atomic mass is 9.94. The highest BCUT2D eigenvalue weighted by Gasteiger charge is 2.58. The van der Waals surface area contributed by atoms with E-state index in [4.69, 9.17) is 4.74 Å². The third kappa shape index (κ3) is 1.97. The van der Waals surface area contributed by atoms with Gasteiger partial charge in [-0.1, -0.05) is 37.3 Å². The summed E-state index contributed by atoms with van der Waals surface area (Å²) in [5, 5.41) is 0. The van der Waals surface area contributed by atoms with Crippen molar-refractivity contribution in [2.24, 2.45) is 11.3 Å². The zero-order valence-corrected chi connectivity index (χ0v) is 9.90. The molecule has 1 fully saturated rings. The van der Waals surface area contributed by atoms with Gasteiger partial charge in [-0.25, -0.2) is 0 Å². The van der Waals surface area contributed by atoms with Crippen molar-refractivity contribution < 1.29 is 9.53 Å². The fraction of sp³-hybridized carbons (Fsp3) is 0.500. The normalized spacial score (nSPS) is 27.5. The molecule has 0 radical (unpaired) electrons. The summed E-state index contributed by atoms with van der Waals surface area (Å²) in [5.74, 6) is 0.429. The minimum absolute atomic E-state index is 0.0219. The molecule has 16 heavy (non-hydrogen) atoms. The molecule has 0 aliphatic heterocycles. The number of carbonyl (C=O) groups excluding carboxylic acids is 1. The zero-order valence-electron chi connectivity index (χ0n) is 9.90. The Hall–Kier alpha value is -1.31. The number of esters is 1. The fourth-order valence-corrected chi connectivity index (χ4v) is 2.33. The molecule has 0 heterocycles. The quantitative estimate of drug-likeness (QED) is 0.726. The van der Waals surface area contributed by atoms with Gasteiger partial charge >= 0.3 is 5.97 Å². The van der Waals surface area contributed by atoms with Crippen LogP contribution in [-0.4, -0.2) is 12.6 Å². The van der Waals surface area contributed by atoms with Gasteiger partial charge in [0.1, 0.15) is 0 Å². The first-order chi connectivity index (χ1) is 7.69. The lowest BCUT2D eigenvalue weighted by Gasteiger charge is -2.15. The fourth-order valence-electron chi connectivity index (χ4n) is 2.33. The minimum Gasteiger partial charge on any atom is -0.466 e. The van der Waals surface area contributed by atoms with Crippen LogP contribution in [0.2, 0.25) is 0 Å². The van der Waals surface area contributed by atoms with Crippen LogP contribution >= 0.6 is 0 Å². The molecule has 1 aromatic rings. The summed E-state index contributed by atoms with van der Waals surface area (Å²) < 4.78 is 5.17. The van der Waals surface area contributed by atoms with Crippen molar-refractivity contribution in [2.45, 2.75) is 26.7 Å². The Balaban J connectivity index is 2.10. The van der Waals surface area contributed by atoms with Gasteiger partial charge in [0.2, 0.25) is 0 Å². The molecule has 1 aliphatic rings. The highest BCUT2D eigenvalue weighted by atomic mass is 16.5. The first kappa shape index (κ1) is 11.2. The van der Waals surface area contributed by atoms with Crippen molar-refractivity contribution >= 4 is 5.97 Å². The molecular weight excluding hydrogens is 200 g/mol. The number of hydrogen-bond acceptors (Lipinski definition) is 2. The maximum absolute atomic E-state index is 11.9. The van der Waals surface area contributed by atoms with E-state index in [-0.39, 0.29) is 11.4 Å². The Bertz CT molecular complexity index is 372. The van der Waals surface area contributed by atoms with E-state index in [9.17, 15) is 4.79 Å². The second-order valence-electron chi connectivity index (χ2n) is 4.64. The Labute approximate surface area is 96.6 Å². The van der Waals surface area contributed by atoms with Gasteiger partial charge in [-0.2, -0.15) is 0 Å². The van der Waals surface area contributed by atoms with Crippen molar-refractivity contribution in [2.75, 3.05) is 6.61 Å². The van der Waals surface area contributed by atoms with E-state index in [2.05, 4.69) is 19.1 Å². The molecule has 0 spiro atoms. The Morgan fingerprint density at radius 1 is 1.44 bits per heavy atom. The molecule has 0 aromatic heterocycles. The smallest absolute Gasteiger partial charge is 0.312 e. The van der Waals surface area contributed by atoms with E-state index in [1.54, 1.807) is 0 Å². The molecule has 2 nitrogen and oxygen atoms in total. The largest absolute Gasteiger partial charge is 0.466 e. The van der Waals surface area contributed by atoms with Crippen molar-refractivity contribution in [3.63, 3.8) is 0 Å². The zero-order chi connectivity index (χ0) is 11.6. The van der Waals surface area contributed by atoms with Gasteiger partial charge in [0.15, 0.2) is 0 Å². The van der Waals surface area contributed by atoms with Crippen molar-refractivity contribution in [3.8, 4) is 0 Å². The highest BCUT2D eigenvalue weighted by molar-refractivity contribution is 5.81. The van der Waals surface area contributed by atoms with Crippen molar-refractivity contribution in [1.82, 2.24) is 0 Å². The van der Waals surface area contributed by atoms with E-state index in [1.807, 2.05) is 25.1 Å². The maximum atomic E-state index is 11.9. The molecule has 0 N–H and O–H groups in total. The van der Waals surface area contributed by atoms with Gasteiger partial charge in [-0.15, -0.1) is 0 Å². The van der Waals surface area contributed by atoms with Gasteiger partial charge in [-0.3, -0.25) is 4.79 Å². The molecule has 2 heteroatoms. The summed E-state index contributed by atoms with van der Waals surface area (Å²) in [5.41, 5.74) is 0.983. The maximum Gasteiger partial charge on any atom is 0.312 e. The Kier molecular flexibility index (Phi) is 2.99. The van der Waals surface area contributed by atoms with Gasteiger partial charge in [0.25, 0.3) is 0 Å². The summed E-state index contributed by atoms with van der Waals surface area (Å²) in [6, 6.07) is 10.2. The standard InChI is InChI=1S/C14H18O2/c1-3-16-13(15)14(9-11(14)2)10-12-7-5-4-6-8-12/h4-8,11H,3,9-10H2,1-2H3/t11-,14-/m1/s1. The number of benzene rings is 1. The van der Waals surface area contributed by atoms with Gasteiger partial charge < -0.3 is 4.74 Å². The van der Waals surface area contributed by atoms with Crippen LogP contribution in [0.25, 0.3) is 0 Å². The lowest BCUT2D eigenvalue weighted by Crippen LogP contribution is -2.23. The predicted octanol–water partition coefficient (Wildman–Crippen LogP) is 2.82. The summed E-state index contributed by atoms with van der Waals surface area (Å²) in [4.78, 5) is 11.9. The lowest BCUT2D eigenvalue weighted by molar-refractivity contribution is -0.150. The van der Waals surface area contributed by atoms with Gasteiger partial charge in [-0.05, 0) is 31.2 Å². The monoisotopic (exact) mass is 218 g/mol.